The Hall–Kier alpha value is -4.43. The fourth-order valence-corrected chi connectivity index (χ4v) is 5.37. The van der Waals surface area contributed by atoms with Gasteiger partial charge in [0, 0.05) is 47.8 Å². The van der Waals surface area contributed by atoms with E-state index in [0.717, 1.165) is 11.0 Å². The molecular weight excluding hydrogens is 559 g/mol. The second-order valence-electron chi connectivity index (χ2n) is 9.92. The highest BCUT2D eigenvalue weighted by Crippen LogP contribution is 2.39. The lowest BCUT2D eigenvalue weighted by molar-refractivity contribution is -0.133. The number of hydrogen-bond acceptors (Lipinski definition) is 5. The Bertz CT molecular complexity index is 1540. The van der Waals surface area contributed by atoms with Gasteiger partial charge in [-0.2, -0.15) is 5.26 Å². The van der Waals surface area contributed by atoms with Crippen LogP contribution in [0.25, 0.3) is 0 Å². The number of alkyl halides is 2. The van der Waals surface area contributed by atoms with Gasteiger partial charge in [0.05, 0.1) is 5.56 Å². The van der Waals surface area contributed by atoms with Crippen LogP contribution >= 0.6 is 11.6 Å². The molecule has 3 aromatic rings. The number of aromatic nitrogens is 1. The maximum Gasteiger partial charge on any atom is 0.252 e. The van der Waals surface area contributed by atoms with E-state index in [-0.39, 0.29) is 40.5 Å². The molecule has 2 aliphatic rings. The lowest BCUT2D eigenvalue weighted by Crippen LogP contribution is -2.56. The van der Waals surface area contributed by atoms with Gasteiger partial charge in [-0.1, -0.05) is 35.9 Å². The molecule has 1 aliphatic heterocycles. The number of anilines is 2. The number of amides is 3. The van der Waals surface area contributed by atoms with Gasteiger partial charge in [0.2, 0.25) is 11.8 Å². The number of hydrogen-bond donors (Lipinski definition) is 1. The molecule has 0 radical (unpaired) electrons. The van der Waals surface area contributed by atoms with E-state index in [1.165, 1.54) is 53.6 Å². The van der Waals surface area contributed by atoms with E-state index >= 15 is 0 Å². The maximum absolute atomic E-state index is 14.5. The second kappa shape index (κ2) is 11.2. The Balaban J connectivity index is 1.59. The zero-order chi connectivity index (χ0) is 29.3. The quantitative estimate of drug-likeness (QED) is 0.426. The van der Waals surface area contributed by atoms with Gasteiger partial charge in [0.25, 0.3) is 11.8 Å². The zero-order valence-electron chi connectivity index (χ0n) is 21.4. The first kappa shape index (κ1) is 28.1. The van der Waals surface area contributed by atoms with E-state index in [0.29, 0.717) is 0 Å². The lowest BCUT2D eigenvalue weighted by Gasteiger charge is -2.39. The van der Waals surface area contributed by atoms with Crippen molar-refractivity contribution < 1.29 is 27.6 Å². The van der Waals surface area contributed by atoms with Gasteiger partial charge in [-0.25, -0.2) is 18.2 Å². The zero-order valence-corrected chi connectivity index (χ0v) is 22.2. The fourth-order valence-electron chi connectivity index (χ4n) is 5.13. The predicted molar refractivity (Wildman–Crippen MR) is 144 cm³/mol. The third-order valence-corrected chi connectivity index (χ3v) is 7.43. The van der Waals surface area contributed by atoms with Crippen LogP contribution in [0.3, 0.4) is 0 Å². The van der Waals surface area contributed by atoms with Gasteiger partial charge >= 0.3 is 0 Å². The van der Waals surface area contributed by atoms with Crippen LogP contribution in [0, 0.1) is 17.1 Å². The van der Waals surface area contributed by atoms with E-state index in [1.54, 1.807) is 12.1 Å². The maximum atomic E-state index is 14.5. The predicted octanol–water partition coefficient (Wildman–Crippen LogP) is 4.93. The molecule has 1 saturated carbocycles. The number of halogens is 4. The summed E-state index contributed by atoms with van der Waals surface area (Å²) in [6.45, 7) is 0. The van der Waals surface area contributed by atoms with Crippen LogP contribution in [0.4, 0.5) is 24.7 Å². The van der Waals surface area contributed by atoms with Crippen LogP contribution in [0.2, 0.25) is 5.02 Å². The molecule has 2 heterocycles. The van der Waals surface area contributed by atoms with Gasteiger partial charge < -0.3 is 5.32 Å². The Morgan fingerprint density at radius 3 is 2.54 bits per heavy atom. The molecule has 0 unspecified atom stereocenters. The summed E-state index contributed by atoms with van der Waals surface area (Å²) in [6, 6.07) is 12.6. The number of rotatable bonds is 7. The first-order valence-electron chi connectivity index (χ1n) is 12.8. The molecule has 0 bridgehead atoms. The summed E-state index contributed by atoms with van der Waals surface area (Å²) in [6.07, 6.45) is 0.210. The van der Waals surface area contributed by atoms with Gasteiger partial charge in [-0.05, 0) is 42.8 Å². The summed E-state index contributed by atoms with van der Waals surface area (Å²) in [5.41, 5.74) is 0.436. The number of carbonyl (C=O) groups is 3. The van der Waals surface area contributed by atoms with Crippen molar-refractivity contribution in [2.45, 2.75) is 49.7 Å². The van der Waals surface area contributed by atoms with Crippen molar-refractivity contribution in [2.75, 3.05) is 9.80 Å². The highest BCUT2D eigenvalue weighted by Gasteiger charge is 2.48. The van der Waals surface area contributed by atoms with Gasteiger partial charge in [0.15, 0.2) is 0 Å². The summed E-state index contributed by atoms with van der Waals surface area (Å²) in [7, 11) is 0. The molecule has 210 valence electrons. The van der Waals surface area contributed by atoms with E-state index < -0.39 is 60.4 Å². The molecule has 12 heteroatoms. The smallest absolute Gasteiger partial charge is 0.252 e. The number of benzene rings is 2. The minimum Gasteiger partial charge on any atom is -0.351 e. The van der Waals surface area contributed by atoms with Crippen LogP contribution in [0.5, 0.6) is 0 Å². The number of nitrogens with one attached hydrogen (secondary N) is 1. The van der Waals surface area contributed by atoms with Crippen molar-refractivity contribution in [1.29, 1.82) is 5.26 Å². The molecule has 2 atom stereocenters. The molecule has 8 nitrogen and oxygen atoms in total. The largest absolute Gasteiger partial charge is 0.351 e. The Morgan fingerprint density at radius 1 is 1.15 bits per heavy atom. The third kappa shape index (κ3) is 5.74. The second-order valence-corrected chi connectivity index (χ2v) is 10.3. The van der Waals surface area contributed by atoms with Crippen molar-refractivity contribution in [2.24, 2.45) is 0 Å². The molecule has 1 aliphatic carbocycles. The average Bonchev–Trinajstić information content (AvgIpc) is 3.32. The Kier molecular flexibility index (Phi) is 7.69. The third-order valence-electron chi connectivity index (χ3n) is 7.09. The topological polar surface area (TPSA) is 106 Å². The number of nitriles is 1. The van der Waals surface area contributed by atoms with Crippen molar-refractivity contribution in [1.82, 2.24) is 10.3 Å². The normalized spacial score (nSPS) is 18.8. The van der Waals surface area contributed by atoms with Crippen molar-refractivity contribution in [3.63, 3.8) is 0 Å². The van der Waals surface area contributed by atoms with Crippen molar-refractivity contribution in [3.05, 3.63) is 88.8 Å². The van der Waals surface area contributed by atoms with Gasteiger partial charge in [-0.15, -0.1) is 0 Å². The van der Waals surface area contributed by atoms with Crippen molar-refractivity contribution in [3.8, 4) is 6.07 Å². The molecule has 2 aromatic carbocycles. The highest BCUT2D eigenvalue weighted by atomic mass is 35.5. The fraction of sp³-hybridized carbons (Fsp3) is 0.276. The van der Waals surface area contributed by atoms with Gasteiger partial charge in [0.1, 0.15) is 29.8 Å². The van der Waals surface area contributed by atoms with Crippen LogP contribution in [0.1, 0.15) is 42.9 Å². The first-order valence-corrected chi connectivity index (χ1v) is 13.2. The number of carbonyl (C=O) groups excluding carboxylic acids is 3. The minimum absolute atomic E-state index is 0.00101. The van der Waals surface area contributed by atoms with Crippen LogP contribution < -0.4 is 15.1 Å². The van der Waals surface area contributed by atoms with E-state index in [2.05, 4.69) is 10.3 Å². The van der Waals surface area contributed by atoms with Gasteiger partial charge in [-0.3, -0.25) is 24.2 Å². The summed E-state index contributed by atoms with van der Waals surface area (Å²) >= 11 is 6.48. The van der Waals surface area contributed by atoms with Crippen molar-refractivity contribution >= 4 is 40.8 Å². The summed E-state index contributed by atoms with van der Waals surface area (Å²) in [5, 5.41) is 11.8. The Labute approximate surface area is 238 Å². The molecular formula is C29H23ClF3N5O3. The highest BCUT2D eigenvalue weighted by molar-refractivity contribution is 6.31. The molecule has 1 saturated heterocycles. The van der Waals surface area contributed by atoms with Crippen LogP contribution in [-0.4, -0.2) is 40.7 Å². The standard InChI is InChI=1S/C29H23ClF3N5O3/c30-22-7-2-1-6-21(22)26(27(40)36-19-13-29(32,33)14-19)37(20-5-3-4-18(31)12-20)28(41)23-9-11-25(39)38(23)24-10-8-17(15-34)16-35-24/h1-8,10,12,16,19,23,26H,9,11,13-14H2,(H,36,40)/t23-,26+/m0/s1. The lowest BCUT2D eigenvalue weighted by atomic mass is 9.87. The molecule has 1 N–H and O–H groups in total. The number of nitrogens with zero attached hydrogens (tertiary/aromatic N) is 4. The minimum atomic E-state index is -2.91. The Morgan fingerprint density at radius 2 is 1.90 bits per heavy atom. The number of pyridine rings is 1. The molecule has 41 heavy (non-hydrogen) atoms. The molecule has 5 rings (SSSR count). The molecule has 2 fully saturated rings. The van der Waals surface area contributed by atoms with E-state index in [1.807, 2.05) is 6.07 Å². The molecule has 0 spiro atoms. The van der Waals surface area contributed by atoms with E-state index in [9.17, 15) is 27.6 Å². The molecule has 3 amide bonds. The monoisotopic (exact) mass is 581 g/mol. The van der Waals surface area contributed by atoms with Crippen LogP contribution in [0.15, 0.2) is 66.9 Å². The molecule has 1 aromatic heterocycles. The van der Waals surface area contributed by atoms with E-state index in [4.69, 9.17) is 16.9 Å². The summed E-state index contributed by atoms with van der Waals surface area (Å²) in [4.78, 5) is 47.5. The average molecular weight is 582 g/mol. The summed E-state index contributed by atoms with van der Waals surface area (Å²) < 4.78 is 41.7. The SMILES string of the molecule is N#Cc1ccc(N2C(=O)CC[C@H]2C(=O)N(c2cccc(F)c2)[C@@H](C(=O)NC2CC(F)(F)C2)c2ccccc2Cl)nc1. The van der Waals surface area contributed by atoms with Crippen LogP contribution in [-0.2, 0) is 14.4 Å². The first-order chi connectivity index (χ1) is 19.6. The summed E-state index contributed by atoms with van der Waals surface area (Å²) in [5.74, 6) is -5.40.